The Morgan fingerprint density at radius 1 is 0.575 bits per heavy atom. The fourth-order valence-electron chi connectivity index (χ4n) is 6.12. The number of benzene rings is 6. The molecule has 0 aliphatic rings. The summed E-state index contributed by atoms with van der Waals surface area (Å²) >= 11 is 0. The standard InChI is InChI=1S/C37H31O2P/c1-23-15-24(2)18-29(17-23)33-21-28-10-6-8-12-32(28)37(36(33)30-19-25(3)16-26(4)20-30)40(39)35-14-13-27-9-5-7-11-31(27)34(35)22-38/h5-22,40H,1-4H3. The van der Waals surface area contributed by atoms with Crippen LogP contribution >= 0.6 is 7.80 Å². The lowest BCUT2D eigenvalue weighted by Crippen LogP contribution is -2.16. The van der Waals surface area contributed by atoms with Crippen LogP contribution in [0.25, 0.3) is 43.8 Å². The Morgan fingerprint density at radius 2 is 1.12 bits per heavy atom. The minimum Gasteiger partial charge on any atom is -0.317 e. The van der Waals surface area contributed by atoms with E-state index in [2.05, 4.69) is 82.3 Å². The summed E-state index contributed by atoms with van der Waals surface area (Å²) in [6.07, 6.45) is 0.868. The van der Waals surface area contributed by atoms with Gasteiger partial charge in [0.25, 0.3) is 0 Å². The Kier molecular flexibility index (Phi) is 6.74. The zero-order valence-corrected chi connectivity index (χ0v) is 24.2. The van der Waals surface area contributed by atoms with Gasteiger partial charge in [0.05, 0.1) is 0 Å². The van der Waals surface area contributed by atoms with E-state index in [4.69, 9.17) is 0 Å². The first-order chi connectivity index (χ1) is 19.3. The molecule has 196 valence electrons. The molecule has 0 aliphatic carbocycles. The van der Waals surface area contributed by atoms with Crippen LogP contribution in [0.5, 0.6) is 0 Å². The summed E-state index contributed by atoms with van der Waals surface area (Å²) in [5, 5.41) is 5.19. The first kappa shape index (κ1) is 26.0. The SMILES string of the molecule is Cc1cc(C)cc(-c2cc3ccccc3c([PH](=O)c3ccc4ccccc4c3C=O)c2-c2cc(C)cc(C)c2)c1. The second-order valence-electron chi connectivity index (χ2n) is 10.8. The molecule has 6 aromatic rings. The van der Waals surface area contributed by atoms with Crippen LogP contribution in [0.15, 0.2) is 103 Å². The molecule has 0 saturated carbocycles. The summed E-state index contributed by atoms with van der Waals surface area (Å²) in [5.74, 6) is 0. The molecule has 0 aromatic heterocycles. The molecule has 3 heteroatoms. The molecule has 0 saturated heterocycles. The van der Waals surface area contributed by atoms with Crippen LogP contribution in [-0.2, 0) is 4.57 Å². The lowest BCUT2D eigenvalue weighted by Gasteiger charge is -2.21. The van der Waals surface area contributed by atoms with Gasteiger partial charge in [0, 0.05) is 21.7 Å². The van der Waals surface area contributed by atoms with Crippen molar-refractivity contribution in [3.63, 3.8) is 0 Å². The van der Waals surface area contributed by atoms with E-state index in [1.807, 2.05) is 48.5 Å². The van der Waals surface area contributed by atoms with E-state index in [9.17, 15) is 9.36 Å². The molecule has 0 N–H and O–H groups in total. The smallest absolute Gasteiger partial charge is 0.151 e. The van der Waals surface area contributed by atoms with Crippen LogP contribution in [-0.4, -0.2) is 6.29 Å². The largest absolute Gasteiger partial charge is 0.317 e. The zero-order chi connectivity index (χ0) is 28.0. The summed E-state index contributed by atoms with van der Waals surface area (Å²) < 4.78 is 15.0. The number of aryl methyl sites for hydroxylation is 4. The Labute approximate surface area is 236 Å². The second kappa shape index (κ2) is 10.4. The monoisotopic (exact) mass is 538 g/mol. The zero-order valence-electron chi connectivity index (χ0n) is 23.2. The molecule has 0 amide bonds. The lowest BCUT2D eigenvalue weighted by atomic mass is 9.89. The predicted molar refractivity (Wildman–Crippen MR) is 171 cm³/mol. The van der Waals surface area contributed by atoms with Crippen molar-refractivity contribution in [1.82, 2.24) is 0 Å². The van der Waals surface area contributed by atoms with Gasteiger partial charge in [-0.2, -0.15) is 0 Å². The van der Waals surface area contributed by atoms with Gasteiger partial charge in [-0.3, -0.25) is 4.79 Å². The Bertz CT molecular complexity index is 1940. The summed E-state index contributed by atoms with van der Waals surface area (Å²) in [4.78, 5) is 12.5. The summed E-state index contributed by atoms with van der Waals surface area (Å²) in [5.41, 5.74) is 9.35. The fourth-order valence-corrected chi connectivity index (χ4v) is 8.04. The van der Waals surface area contributed by atoms with Gasteiger partial charge >= 0.3 is 0 Å². The topological polar surface area (TPSA) is 34.1 Å². The third kappa shape index (κ3) is 4.59. The van der Waals surface area contributed by atoms with Crippen LogP contribution in [0.4, 0.5) is 0 Å². The highest BCUT2D eigenvalue weighted by Crippen LogP contribution is 2.41. The van der Waals surface area contributed by atoms with Crippen LogP contribution in [0.2, 0.25) is 0 Å². The second-order valence-corrected chi connectivity index (χ2v) is 12.5. The number of rotatable bonds is 5. The normalized spacial score (nSPS) is 12.1. The van der Waals surface area contributed by atoms with Crippen molar-refractivity contribution in [2.45, 2.75) is 27.7 Å². The van der Waals surface area contributed by atoms with Crippen molar-refractivity contribution in [2.24, 2.45) is 0 Å². The van der Waals surface area contributed by atoms with E-state index in [1.165, 1.54) is 11.1 Å². The maximum absolute atomic E-state index is 15.0. The fraction of sp³-hybridized carbons (Fsp3) is 0.108. The molecule has 0 fully saturated rings. The first-order valence-corrected chi connectivity index (χ1v) is 15.0. The number of fused-ring (bicyclic) bond motifs is 2. The minimum absolute atomic E-state index is 0.509. The van der Waals surface area contributed by atoms with Crippen molar-refractivity contribution in [1.29, 1.82) is 0 Å². The number of carbonyl (C=O) groups excluding carboxylic acids is 1. The molecule has 0 spiro atoms. The maximum Gasteiger partial charge on any atom is 0.151 e. The predicted octanol–water partition coefficient (Wildman–Crippen LogP) is 8.88. The van der Waals surface area contributed by atoms with Gasteiger partial charge in [-0.15, -0.1) is 0 Å². The molecule has 0 aliphatic heterocycles. The highest BCUT2D eigenvalue weighted by atomic mass is 31.1. The Morgan fingerprint density at radius 3 is 1.75 bits per heavy atom. The molecular weight excluding hydrogens is 507 g/mol. The summed E-state index contributed by atoms with van der Waals surface area (Å²) in [7, 11) is -2.63. The maximum atomic E-state index is 15.0. The number of hydrogen-bond donors (Lipinski definition) is 0. The number of carbonyl (C=O) groups is 1. The third-order valence-electron chi connectivity index (χ3n) is 7.65. The molecule has 0 heterocycles. The van der Waals surface area contributed by atoms with E-state index >= 15 is 0 Å². The van der Waals surface area contributed by atoms with Crippen molar-refractivity contribution in [3.05, 3.63) is 131 Å². The molecule has 40 heavy (non-hydrogen) atoms. The third-order valence-corrected chi connectivity index (χ3v) is 9.55. The molecule has 1 unspecified atom stereocenters. The molecule has 6 aromatic carbocycles. The van der Waals surface area contributed by atoms with Crippen molar-refractivity contribution >= 4 is 46.2 Å². The van der Waals surface area contributed by atoms with Crippen LogP contribution < -0.4 is 10.6 Å². The first-order valence-electron chi connectivity index (χ1n) is 13.6. The molecule has 6 rings (SSSR count). The Balaban J connectivity index is 1.77. The molecule has 0 radical (unpaired) electrons. The van der Waals surface area contributed by atoms with Crippen LogP contribution in [0.1, 0.15) is 32.6 Å². The van der Waals surface area contributed by atoms with Gasteiger partial charge < -0.3 is 4.57 Å². The highest BCUT2D eigenvalue weighted by molar-refractivity contribution is 7.62. The van der Waals surface area contributed by atoms with Gasteiger partial charge in [-0.05, 0) is 72.0 Å². The van der Waals surface area contributed by atoms with E-state index in [0.717, 1.165) is 66.5 Å². The molecule has 0 bridgehead atoms. The highest BCUT2D eigenvalue weighted by Gasteiger charge is 2.24. The minimum atomic E-state index is -2.63. The Hall–Kier alpha value is -4.26. The lowest BCUT2D eigenvalue weighted by molar-refractivity contribution is 0.112. The van der Waals surface area contributed by atoms with Crippen molar-refractivity contribution in [3.8, 4) is 22.3 Å². The van der Waals surface area contributed by atoms with Gasteiger partial charge in [-0.1, -0.05) is 119 Å². The van der Waals surface area contributed by atoms with Gasteiger partial charge in [0.15, 0.2) is 6.29 Å². The van der Waals surface area contributed by atoms with Crippen molar-refractivity contribution < 1.29 is 9.36 Å². The van der Waals surface area contributed by atoms with Gasteiger partial charge in [0.1, 0.15) is 7.80 Å². The summed E-state index contributed by atoms with van der Waals surface area (Å²) in [6.45, 7) is 8.43. The number of hydrogen-bond acceptors (Lipinski definition) is 2. The van der Waals surface area contributed by atoms with Gasteiger partial charge in [-0.25, -0.2) is 0 Å². The van der Waals surface area contributed by atoms with Crippen molar-refractivity contribution in [2.75, 3.05) is 0 Å². The quantitative estimate of drug-likeness (QED) is 0.162. The number of aldehydes is 1. The van der Waals surface area contributed by atoms with E-state index in [0.29, 0.717) is 10.9 Å². The van der Waals surface area contributed by atoms with E-state index in [-0.39, 0.29) is 0 Å². The van der Waals surface area contributed by atoms with Gasteiger partial charge in [0.2, 0.25) is 0 Å². The average molecular weight is 539 g/mol. The van der Waals surface area contributed by atoms with E-state index < -0.39 is 7.80 Å². The van der Waals surface area contributed by atoms with Crippen LogP contribution in [0, 0.1) is 27.7 Å². The van der Waals surface area contributed by atoms with E-state index in [1.54, 1.807) is 0 Å². The molecule has 1 atom stereocenters. The molecular formula is C37H31O2P. The summed E-state index contributed by atoms with van der Waals surface area (Å²) in [6, 6.07) is 35.2. The van der Waals surface area contributed by atoms with Crippen LogP contribution in [0.3, 0.4) is 0 Å². The average Bonchev–Trinajstić information content (AvgIpc) is 2.94. The molecule has 2 nitrogen and oxygen atoms in total.